The number of hydrogen-bond acceptors (Lipinski definition) is 1. The van der Waals surface area contributed by atoms with Gasteiger partial charge in [-0.1, -0.05) is 11.6 Å². The Morgan fingerprint density at radius 1 is 1.43 bits per heavy atom. The molecule has 0 saturated carbocycles. The molecule has 2 nitrogen and oxygen atoms in total. The van der Waals surface area contributed by atoms with E-state index in [1.807, 2.05) is 31.2 Å². The number of hydrogen-bond donors (Lipinski definition) is 0. The summed E-state index contributed by atoms with van der Waals surface area (Å²) in [6.07, 6.45) is 1.76. The highest BCUT2D eigenvalue weighted by atomic mass is 35.5. The minimum Gasteiger partial charge on any atom is -0.286 e. The van der Waals surface area contributed by atoms with E-state index in [1.54, 1.807) is 10.8 Å². The molecule has 3 heteroatoms. The fraction of sp³-hybridized carbons (Fsp3) is 0.182. The number of aromatic nitrogens is 1. The maximum Gasteiger partial charge on any atom is 0.245 e. The quantitative estimate of drug-likeness (QED) is 0.660. The van der Waals surface area contributed by atoms with Crippen molar-refractivity contribution in [2.45, 2.75) is 6.92 Å². The van der Waals surface area contributed by atoms with Crippen molar-refractivity contribution in [3.8, 4) is 0 Å². The third-order valence-corrected chi connectivity index (χ3v) is 2.46. The SMILES string of the molecule is Cc1ccc2c(ccn2C(=O)CCl)c1. The molecule has 0 aliphatic rings. The zero-order valence-corrected chi connectivity index (χ0v) is 8.58. The molecule has 0 fully saturated rings. The Kier molecular flexibility index (Phi) is 2.30. The number of carbonyl (C=O) groups is 1. The van der Waals surface area contributed by atoms with Gasteiger partial charge in [0, 0.05) is 11.6 Å². The maximum absolute atomic E-state index is 11.4. The normalized spacial score (nSPS) is 10.7. The van der Waals surface area contributed by atoms with Crippen LogP contribution in [-0.4, -0.2) is 16.4 Å². The van der Waals surface area contributed by atoms with Crippen LogP contribution < -0.4 is 0 Å². The van der Waals surface area contributed by atoms with Crippen LogP contribution in [0.25, 0.3) is 10.9 Å². The van der Waals surface area contributed by atoms with E-state index in [2.05, 4.69) is 0 Å². The highest BCUT2D eigenvalue weighted by Gasteiger charge is 2.06. The van der Waals surface area contributed by atoms with Crippen molar-refractivity contribution in [2.24, 2.45) is 0 Å². The summed E-state index contributed by atoms with van der Waals surface area (Å²) in [7, 11) is 0. The lowest BCUT2D eigenvalue weighted by Crippen LogP contribution is -2.09. The molecule has 2 aromatic rings. The van der Waals surface area contributed by atoms with Gasteiger partial charge in [-0.3, -0.25) is 9.36 Å². The van der Waals surface area contributed by atoms with E-state index in [1.165, 1.54) is 5.56 Å². The molecule has 0 aliphatic carbocycles. The first-order valence-electron chi connectivity index (χ1n) is 4.39. The van der Waals surface area contributed by atoms with Crippen LogP contribution in [0.15, 0.2) is 30.5 Å². The van der Waals surface area contributed by atoms with Crippen molar-refractivity contribution in [3.05, 3.63) is 36.0 Å². The van der Waals surface area contributed by atoms with E-state index in [0.717, 1.165) is 10.9 Å². The molecule has 0 amide bonds. The second-order valence-electron chi connectivity index (χ2n) is 3.28. The van der Waals surface area contributed by atoms with Gasteiger partial charge < -0.3 is 0 Å². The van der Waals surface area contributed by atoms with Gasteiger partial charge in [-0.05, 0) is 25.1 Å². The Balaban J connectivity index is 2.64. The fourth-order valence-electron chi connectivity index (χ4n) is 1.54. The number of fused-ring (bicyclic) bond motifs is 1. The van der Waals surface area contributed by atoms with Crippen LogP contribution in [0.3, 0.4) is 0 Å². The smallest absolute Gasteiger partial charge is 0.245 e. The van der Waals surface area contributed by atoms with Crippen LogP contribution in [0.1, 0.15) is 10.4 Å². The monoisotopic (exact) mass is 207 g/mol. The van der Waals surface area contributed by atoms with Gasteiger partial charge in [0.2, 0.25) is 5.91 Å². The summed E-state index contributed by atoms with van der Waals surface area (Å²) in [6.45, 7) is 2.03. The van der Waals surface area contributed by atoms with Crippen molar-refractivity contribution in [3.63, 3.8) is 0 Å². The maximum atomic E-state index is 11.4. The van der Waals surface area contributed by atoms with Crippen molar-refractivity contribution >= 4 is 28.4 Å². The Hall–Kier alpha value is -1.28. The van der Waals surface area contributed by atoms with Crippen LogP contribution in [0, 0.1) is 6.92 Å². The lowest BCUT2D eigenvalue weighted by molar-refractivity contribution is 0.0945. The van der Waals surface area contributed by atoms with Crippen LogP contribution in [0.5, 0.6) is 0 Å². The van der Waals surface area contributed by atoms with Crippen LogP contribution in [-0.2, 0) is 0 Å². The summed E-state index contributed by atoms with van der Waals surface area (Å²) in [5.74, 6) is -0.0805. The van der Waals surface area contributed by atoms with Gasteiger partial charge in [-0.2, -0.15) is 0 Å². The molecule has 1 heterocycles. The third-order valence-electron chi connectivity index (χ3n) is 2.23. The van der Waals surface area contributed by atoms with E-state index in [0.29, 0.717) is 0 Å². The lowest BCUT2D eigenvalue weighted by Gasteiger charge is -2.00. The van der Waals surface area contributed by atoms with Gasteiger partial charge in [0.25, 0.3) is 0 Å². The minimum absolute atomic E-state index is 0.0116. The number of nitrogens with zero attached hydrogens (tertiary/aromatic N) is 1. The molecule has 0 N–H and O–H groups in total. The number of carbonyl (C=O) groups excluding carboxylic acids is 1. The Morgan fingerprint density at radius 3 is 2.93 bits per heavy atom. The molecule has 0 atom stereocenters. The molecule has 14 heavy (non-hydrogen) atoms. The zero-order chi connectivity index (χ0) is 10.1. The van der Waals surface area contributed by atoms with Crippen molar-refractivity contribution < 1.29 is 4.79 Å². The first-order chi connectivity index (χ1) is 6.72. The second kappa shape index (κ2) is 3.46. The topological polar surface area (TPSA) is 22.0 Å². The molecule has 0 saturated heterocycles. The molecule has 1 aromatic heterocycles. The minimum atomic E-state index is -0.0921. The Bertz CT molecular complexity index is 487. The molecule has 1 aromatic carbocycles. The number of halogens is 1. The van der Waals surface area contributed by atoms with Crippen LogP contribution in [0.4, 0.5) is 0 Å². The fourth-order valence-corrected chi connectivity index (χ4v) is 1.67. The number of alkyl halides is 1. The predicted octanol–water partition coefficient (Wildman–Crippen LogP) is 2.83. The summed E-state index contributed by atoms with van der Waals surface area (Å²) in [6, 6.07) is 7.90. The van der Waals surface area contributed by atoms with Gasteiger partial charge in [0.1, 0.15) is 5.88 Å². The summed E-state index contributed by atoms with van der Waals surface area (Å²) in [4.78, 5) is 11.4. The van der Waals surface area contributed by atoms with Gasteiger partial charge >= 0.3 is 0 Å². The first-order valence-corrected chi connectivity index (χ1v) is 4.92. The largest absolute Gasteiger partial charge is 0.286 e. The van der Waals surface area contributed by atoms with E-state index >= 15 is 0 Å². The zero-order valence-electron chi connectivity index (χ0n) is 7.83. The van der Waals surface area contributed by atoms with Gasteiger partial charge in [-0.15, -0.1) is 11.6 Å². The van der Waals surface area contributed by atoms with Crippen LogP contribution in [0.2, 0.25) is 0 Å². The number of aryl methyl sites for hydroxylation is 1. The van der Waals surface area contributed by atoms with Crippen LogP contribution >= 0.6 is 11.6 Å². The summed E-state index contributed by atoms with van der Waals surface area (Å²) in [5.41, 5.74) is 2.11. The molecule has 0 unspecified atom stereocenters. The molecule has 0 aliphatic heterocycles. The van der Waals surface area contributed by atoms with Gasteiger partial charge in [-0.25, -0.2) is 0 Å². The van der Waals surface area contributed by atoms with Crippen molar-refractivity contribution in [1.29, 1.82) is 0 Å². The van der Waals surface area contributed by atoms with E-state index in [4.69, 9.17) is 11.6 Å². The van der Waals surface area contributed by atoms with Crippen molar-refractivity contribution in [2.75, 3.05) is 5.88 Å². The van der Waals surface area contributed by atoms with Gasteiger partial charge in [0.05, 0.1) is 5.52 Å². The summed E-state index contributed by atoms with van der Waals surface area (Å²) in [5, 5.41) is 1.07. The van der Waals surface area contributed by atoms with E-state index in [9.17, 15) is 4.79 Å². The van der Waals surface area contributed by atoms with Crippen molar-refractivity contribution in [1.82, 2.24) is 4.57 Å². The molecule has 72 valence electrons. The molecule has 2 rings (SSSR count). The Labute approximate surface area is 87.1 Å². The molecule has 0 radical (unpaired) electrons. The standard InChI is InChI=1S/C11H10ClNO/c1-8-2-3-10-9(6-8)4-5-13(10)11(14)7-12/h2-6H,7H2,1H3. The molecular formula is C11H10ClNO. The predicted molar refractivity (Wildman–Crippen MR) is 58.0 cm³/mol. The van der Waals surface area contributed by atoms with E-state index in [-0.39, 0.29) is 11.8 Å². The third kappa shape index (κ3) is 1.42. The number of benzene rings is 1. The lowest BCUT2D eigenvalue weighted by atomic mass is 10.2. The van der Waals surface area contributed by atoms with E-state index < -0.39 is 0 Å². The second-order valence-corrected chi connectivity index (χ2v) is 3.54. The molecular weight excluding hydrogens is 198 g/mol. The highest BCUT2D eigenvalue weighted by molar-refractivity contribution is 6.28. The Morgan fingerprint density at radius 2 is 2.21 bits per heavy atom. The average molecular weight is 208 g/mol. The average Bonchev–Trinajstić information content (AvgIpc) is 2.59. The summed E-state index contributed by atoms with van der Waals surface area (Å²) < 4.78 is 1.59. The number of rotatable bonds is 1. The first kappa shape index (κ1) is 9.28. The summed E-state index contributed by atoms with van der Waals surface area (Å²) >= 11 is 5.50. The molecule has 0 spiro atoms. The molecule has 0 bridgehead atoms. The van der Waals surface area contributed by atoms with Gasteiger partial charge in [0.15, 0.2) is 0 Å². The highest BCUT2D eigenvalue weighted by Crippen LogP contribution is 2.17.